The minimum absolute atomic E-state index is 0.255. The molecule has 98 valence electrons. The largest absolute Gasteiger partial charge is 0.490 e. The third-order valence-electron chi connectivity index (χ3n) is 2.83. The van der Waals surface area contributed by atoms with E-state index in [2.05, 4.69) is 13.0 Å². The van der Waals surface area contributed by atoms with Crippen molar-refractivity contribution in [3.8, 4) is 11.8 Å². The zero-order chi connectivity index (χ0) is 13.2. The molecule has 0 radical (unpaired) electrons. The highest BCUT2D eigenvalue weighted by Crippen LogP contribution is 2.17. The first-order valence-corrected chi connectivity index (χ1v) is 6.58. The standard InChI is InChI=1S/C15H21NO2/c1-2-3-4-5-9-14(17)12-18-15-10-7-6-8-13(15)11-16/h6-8,10,14,17H,2-5,9,12H2,1H3. The number of unbranched alkanes of at least 4 members (excludes halogenated alkanes) is 3. The van der Waals surface area contributed by atoms with Crippen LogP contribution in [0, 0.1) is 11.3 Å². The van der Waals surface area contributed by atoms with Gasteiger partial charge in [0.2, 0.25) is 0 Å². The predicted molar refractivity (Wildman–Crippen MR) is 71.4 cm³/mol. The predicted octanol–water partition coefficient (Wildman–Crippen LogP) is 3.27. The van der Waals surface area contributed by atoms with Crippen LogP contribution in [0.1, 0.15) is 44.6 Å². The number of hydrogen-bond acceptors (Lipinski definition) is 3. The lowest BCUT2D eigenvalue weighted by Gasteiger charge is -2.12. The van der Waals surface area contributed by atoms with E-state index in [9.17, 15) is 5.11 Å². The summed E-state index contributed by atoms with van der Waals surface area (Å²) in [6.45, 7) is 2.42. The van der Waals surface area contributed by atoms with Gasteiger partial charge >= 0.3 is 0 Å². The molecule has 1 aromatic carbocycles. The molecule has 1 unspecified atom stereocenters. The summed E-state index contributed by atoms with van der Waals surface area (Å²) in [5.41, 5.74) is 0.510. The fourth-order valence-corrected chi connectivity index (χ4v) is 1.76. The van der Waals surface area contributed by atoms with Crippen molar-refractivity contribution in [2.24, 2.45) is 0 Å². The Balaban J connectivity index is 2.29. The van der Waals surface area contributed by atoms with Crippen molar-refractivity contribution in [1.29, 1.82) is 5.26 Å². The Kier molecular flexibility index (Phi) is 6.90. The molecule has 0 aliphatic rings. The van der Waals surface area contributed by atoms with Crippen LogP contribution in [0.15, 0.2) is 24.3 Å². The van der Waals surface area contributed by atoms with Crippen LogP contribution in [0.4, 0.5) is 0 Å². The molecule has 0 bridgehead atoms. The van der Waals surface area contributed by atoms with Crippen LogP contribution in [-0.4, -0.2) is 17.8 Å². The normalized spacial score (nSPS) is 11.8. The van der Waals surface area contributed by atoms with Crippen LogP contribution < -0.4 is 4.74 Å². The van der Waals surface area contributed by atoms with Crippen molar-refractivity contribution in [2.75, 3.05) is 6.61 Å². The number of hydrogen-bond donors (Lipinski definition) is 1. The summed E-state index contributed by atoms with van der Waals surface area (Å²) in [5, 5.41) is 18.7. The molecule has 18 heavy (non-hydrogen) atoms. The van der Waals surface area contributed by atoms with Gasteiger partial charge in [-0.3, -0.25) is 0 Å². The first kappa shape index (κ1) is 14.5. The number of para-hydroxylation sites is 1. The Morgan fingerprint density at radius 3 is 2.78 bits per heavy atom. The Morgan fingerprint density at radius 1 is 1.28 bits per heavy atom. The molecule has 0 aliphatic heterocycles. The third-order valence-corrected chi connectivity index (χ3v) is 2.83. The van der Waals surface area contributed by atoms with Crippen molar-refractivity contribution in [3.63, 3.8) is 0 Å². The molecule has 3 nitrogen and oxygen atoms in total. The van der Waals surface area contributed by atoms with Gasteiger partial charge in [-0.2, -0.15) is 5.26 Å². The fraction of sp³-hybridized carbons (Fsp3) is 0.533. The fourth-order valence-electron chi connectivity index (χ4n) is 1.76. The van der Waals surface area contributed by atoms with E-state index in [1.54, 1.807) is 18.2 Å². The van der Waals surface area contributed by atoms with Gasteiger partial charge < -0.3 is 9.84 Å². The molecule has 3 heteroatoms. The summed E-state index contributed by atoms with van der Waals surface area (Å²) in [4.78, 5) is 0. The van der Waals surface area contributed by atoms with Crippen LogP contribution in [0.25, 0.3) is 0 Å². The van der Waals surface area contributed by atoms with Gasteiger partial charge in [-0.05, 0) is 18.6 Å². The maximum Gasteiger partial charge on any atom is 0.137 e. The summed E-state index contributed by atoms with van der Waals surface area (Å²) in [7, 11) is 0. The number of ether oxygens (including phenoxy) is 1. The van der Waals surface area contributed by atoms with Crippen LogP contribution in [0.2, 0.25) is 0 Å². The highest BCUT2D eigenvalue weighted by atomic mass is 16.5. The van der Waals surface area contributed by atoms with E-state index < -0.39 is 6.10 Å². The van der Waals surface area contributed by atoms with E-state index in [1.165, 1.54) is 12.8 Å². The van der Waals surface area contributed by atoms with Gasteiger partial charge in [0.1, 0.15) is 18.4 Å². The van der Waals surface area contributed by atoms with Gasteiger partial charge in [-0.15, -0.1) is 0 Å². The van der Waals surface area contributed by atoms with Gasteiger partial charge in [0.25, 0.3) is 0 Å². The van der Waals surface area contributed by atoms with Gasteiger partial charge in [0.15, 0.2) is 0 Å². The Bertz CT molecular complexity index is 384. The summed E-state index contributed by atoms with van der Waals surface area (Å²) < 4.78 is 5.47. The third kappa shape index (κ3) is 5.20. The van der Waals surface area contributed by atoms with Crippen LogP contribution in [0.5, 0.6) is 5.75 Å². The molecule has 0 fully saturated rings. The van der Waals surface area contributed by atoms with Gasteiger partial charge in [0, 0.05) is 0 Å². The van der Waals surface area contributed by atoms with E-state index in [0.717, 1.165) is 19.3 Å². The highest BCUT2D eigenvalue weighted by molar-refractivity contribution is 5.42. The number of nitrogens with zero attached hydrogens (tertiary/aromatic N) is 1. The molecule has 0 amide bonds. The van der Waals surface area contributed by atoms with Crippen molar-refractivity contribution < 1.29 is 9.84 Å². The molecule has 1 rings (SSSR count). The van der Waals surface area contributed by atoms with E-state index in [4.69, 9.17) is 10.00 Å². The Hall–Kier alpha value is -1.53. The van der Waals surface area contributed by atoms with Gasteiger partial charge in [-0.1, -0.05) is 44.7 Å². The van der Waals surface area contributed by atoms with Crippen molar-refractivity contribution in [2.45, 2.75) is 45.1 Å². The molecule has 1 atom stereocenters. The van der Waals surface area contributed by atoms with Crippen molar-refractivity contribution in [1.82, 2.24) is 0 Å². The number of aliphatic hydroxyl groups excluding tert-OH is 1. The van der Waals surface area contributed by atoms with E-state index in [-0.39, 0.29) is 6.61 Å². The topological polar surface area (TPSA) is 53.2 Å². The molecule has 1 aromatic rings. The van der Waals surface area contributed by atoms with Crippen LogP contribution >= 0.6 is 0 Å². The van der Waals surface area contributed by atoms with Gasteiger partial charge in [-0.25, -0.2) is 0 Å². The van der Waals surface area contributed by atoms with Crippen molar-refractivity contribution >= 4 is 0 Å². The lowest BCUT2D eigenvalue weighted by Crippen LogP contribution is -2.17. The number of aliphatic hydroxyl groups is 1. The number of nitriles is 1. The van der Waals surface area contributed by atoms with Crippen molar-refractivity contribution in [3.05, 3.63) is 29.8 Å². The average Bonchev–Trinajstić information content (AvgIpc) is 2.41. The molecule has 0 saturated carbocycles. The summed E-state index contributed by atoms with van der Waals surface area (Å²) in [6.07, 6.45) is 4.90. The molecule has 0 aromatic heterocycles. The maximum absolute atomic E-state index is 9.77. The molecule has 1 N–H and O–H groups in total. The molecule has 0 heterocycles. The Morgan fingerprint density at radius 2 is 2.06 bits per heavy atom. The molecular formula is C15H21NO2. The molecule has 0 saturated heterocycles. The summed E-state index contributed by atoms with van der Waals surface area (Å²) in [5.74, 6) is 0.549. The molecule has 0 spiro atoms. The van der Waals surface area contributed by atoms with Gasteiger partial charge in [0.05, 0.1) is 11.7 Å². The minimum Gasteiger partial charge on any atom is -0.490 e. The van der Waals surface area contributed by atoms with E-state index in [1.807, 2.05) is 6.07 Å². The van der Waals surface area contributed by atoms with E-state index in [0.29, 0.717) is 11.3 Å². The second kappa shape index (κ2) is 8.54. The second-order valence-electron chi connectivity index (χ2n) is 4.42. The maximum atomic E-state index is 9.77. The van der Waals surface area contributed by atoms with E-state index >= 15 is 0 Å². The highest BCUT2D eigenvalue weighted by Gasteiger charge is 2.07. The lowest BCUT2D eigenvalue weighted by atomic mass is 10.1. The second-order valence-corrected chi connectivity index (χ2v) is 4.42. The zero-order valence-corrected chi connectivity index (χ0v) is 10.9. The quantitative estimate of drug-likeness (QED) is 0.717. The first-order valence-electron chi connectivity index (χ1n) is 6.58. The molecular weight excluding hydrogens is 226 g/mol. The smallest absolute Gasteiger partial charge is 0.137 e. The first-order chi connectivity index (χ1) is 8.77. The number of rotatable bonds is 8. The SMILES string of the molecule is CCCCCCC(O)COc1ccccc1C#N. The van der Waals surface area contributed by atoms with Crippen LogP contribution in [-0.2, 0) is 0 Å². The monoisotopic (exact) mass is 247 g/mol. The average molecular weight is 247 g/mol. The molecule has 0 aliphatic carbocycles. The zero-order valence-electron chi connectivity index (χ0n) is 10.9. The number of benzene rings is 1. The summed E-state index contributed by atoms with van der Waals surface area (Å²) >= 11 is 0. The Labute approximate surface area is 109 Å². The summed E-state index contributed by atoms with van der Waals surface area (Å²) in [6, 6.07) is 9.16. The minimum atomic E-state index is -0.450. The lowest BCUT2D eigenvalue weighted by molar-refractivity contribution is 0.0974. The van der Waals surface area contributed by atoms with Crippen LogP contribution in [0.3, 0.4) is 0 Å².